The highest BCUT2D eigenvalue weighted by Crippen LogP contribution is 2.19. The lowest BCUT2D eigenvalue weighted by molar-refractivity contribution is -0.116. The molecular weight excluding hydrogens is 410 g/mol. The van der Waals surface area contributed by atoms with E-state index in [4.69, 9.17) is 12.2 Å². The van der Waals surface area contributed by atoms with E-state index in [0.717, 1.165) is 0 Å². The van der Waals surface area contributed by atoms with Gasteiger partial charge in [-0.2, -0.15) is 0 Å². The quantitative estimate of drug-likeness (QED) is 0.402. The first-order chi connectivity index (χ1) is 14.2. The molecule has 0 aliphatic carbocycles. The Hall–Kier alpha value is -3.52. The summed E-state index contributed by atoms with van der Waals surface area (Å²) in [6.45, 7) is 0. The van der Waals surface area contributed by atoms with Crippen LogP contribution in [0.3, 0.4) is 0 Å². The lowest BCUT2D eigenvalue weighted by atomic mass is 10.1. The average molecular weight is 428 g/mol. The Balaban J connectivity index is 2.07. The van der Waals surface area contributed by atoms with E-state index in [1.54, 1.807) is 12.1 Å². The molecule has 2 aromatic carbocycles. The van der Waals surface area contributed by atoms with Gasteiger partial charge in [0.05, 0.1) is 16.1 Å². The number of hydrogen-bond acceptors (Lipinski definition) is 6. The second kappa shape index (κ2) is 9.80. The first-order valence-electron chi connectivity index (χ1n) is 8.57. The lowest BCUT2D eigenvalue weighted by Crippen LogP contribution is -2.39. The molecule has 0 unspecified atom stereocenters. The van der Waals surface area contributed by atoms with Crippen LogP contribution in [0.2, 0.25) is 0 Å². The van der Waals surface area contributed by atoms with Crippen molar-refractivity contribution in [3.63, 3.8) is 0 Å². The summed E-state index contributed by atoms with van der Waals surface area (Å²) < 4.78 is 24.8. The summed E-state index contributed by atoms with van der Waals surface area (Å²) in [6.07, 6.45) is 5.93. The van der Waals surface area contributed by atoms with Gasteiger partial charge >= 0.3 is 0 Å². The minimum atomic E-state index is -4.44. The van der Waals surface area contributed by atoms with E-state index in [1.807, 2.05) is 0 Å². The predicted octanol–water partition coefficient (Wildman–Crippen LogP) is 1.04. The number of primary amides is 1. The third-order valence-corrected chi connectivity index (χ3v) is 5.69. The Morgan fingerprint density at radius 3 is 2.37 bits per heavy atom. The van der Waals surface area contributed by atoms with Crippen molar-refractivity contribution in [3.05, 3.63) is 59.7 Å². The molecule has 0 saturated carbocycles. The van der Waals surface area contributed by atoms with Gasteiger partial charge < -0.3 is 11.1 Å². The first kappa shape index (κ1) is 22.8. The van der Waals surface area contributed by atoms with Crippen LogP contribution in [0.15, 0.2) is 53.4 Å². The zero-order chi connectivity index (χ0) is 22.3. The number of nitrogens with zero attached hydrogens (tertiary/aromatic N) is 1. The number of carbonyl (C=O) groups excluding carboxylic acids is 3. The molecule has 30 heavy (non-hydrogen) atoms. The molecule has 4 N–H and O–H groups in total. The van der Waals surface area contributed by atoms with Gasteiger partial charge in [0.2, 0.25) is 12.2 Å². The molecule has 0 heterocycles. The summed E-state index contributed by atoms with van der Waals surface area (Å²) in [6, 6.07) is 9.51. The second-order valence-corrected chi connectivity index (χ2v) is 7.87. The van der Waals surface area contributed by atoms with Gasteiger partial charge in [-0.25, -0.2) is 8.42 Å². The summed E-state index contributed by atoms with van der Waals surface area (Å²) in [5.74, 6) is 0.966. The molecule has 0 bridgehead atoms. The summed E-state index contributed by atoms with van der Waals surface area (Å²) >= 11 is 0. The number of rotatable bonds is 9. The maximum Gasteiger partial charge on any atom is 0.265 e. The topological polar surface area (TPSA) is 147 Å². The number of terminal acetylenes is 1. The van der Waals surface area contributed by atoms with E-state index in [9.17, 15) is 28.0 Å². The van der Waals surface area contributed by atoms with Crippen LogP contribution < -0.4 is 11.1 Å². The zero-order valence-electron chi connectivity index (χ0n) is 15.6. The molecule has 2 rings (SSSR count). The van der Waals surface area contributed by atoms with E-state index < -0.39 is 27.9 Å². The van der Waals surface area contributed by atoms with Gasteiger partial charge in [-0.15, -0.1) is 6.42 Å². The third kappa shape index (κ3) is 5.30. The number of sulfonamides is 1. The Kier molecular flexibility index (Phi) is 7.43. The predicted molar refractivity (Wildman–Crippen MR) is 107 cm³/mol. The van der Waals surface area contributed by atoms with Crippen molar-refractivity contribution in [2.45, 2.75) is 23.8 Å². The van der Waals surface area contributed by atoms with E-state index in [0.29, 0.717) is 5.56 Å². The van der Waals surface area contributed by atoms with Gasteiger partial charge in [-0.05, 0) is 42.8 Å². The van der Waals surface area contributed by atoms with Crippen LogP contribution in [0, 0.1) is 12.3 Å². The van der Waals surface area contributed by atoms with Crippen molar-refractivity contribution in [2.75, 3.05) is 5.32 Å². The molecule has 0 fully saturated rings. The largest absolute Gasteiger partial charge is 0.366 e. The van der Waals surface area contributed by atoms with Gasteiger partial charge in [-0.3, -0.25) is 19.6 Å². The van der Waals surface area contributed by atoms with Gasteiger partial charge in [0, 0.05) is 12.0 Å². The van der Waals surface area contributed by atoms with Crippen LogP contribution in [0.5, 0.6) is 0 Å². The monoisotopic (exact) mass is 428 g/mol. The molecule has 2 amide bonds. The van der Waals surface area contributed by atoms with Crippen LogP contribution >= 0.6 is 0 Å². The summed E-state index contributed by atoms with van der Waals surface area (Å²) in [7, 11) is -4.44. The fraction of sp³-hybridized carbons (Fsp3) is 0.150. The number of hydroxylamine groups is 1. The Morgan fingerprint density at radius 2 is 1.80 bits per heavy atom. The molecule has 0 saturated heterocycles. The highest BCUT2D eigenvalue weighted by Gasteiger charge is 2.31. The minimum absolute atomic E-state index is 0.0890. The molecule has 0 aliphatic heterocycles. The van der Waals surface area contributed by atoms with E-state index >= 15 is 0 Å². The molecule has 155 valence electrons. The summed E-state index contributed by atoms with van der Waals surface area (Å²) in [5.41, 5.74) is 5.93. The molecule has 9 nitrogen and oxygen atoms in total. The summed E-state index contributed by atoms with van der Waals surface area (Å²) in [5, 5.41) is 12.5. The maximum absolute atomic E-state index is 12.5. The number of amides is 2. The SMILES string of the molecule is C#Cc1ccc(S(=O)(=O)N(O)[C@@H]([C]=O)CCC(=O)Nc2ccccc2C(N)=O)cc1. The Morgan fingerprint density at radius 1 is 1.17 bits per heavy atom. The number of nitrogens with two attached hydrogens (primary N) is 1. The Labute approximate surface area is 173 Å². The van der Waals surface area contributed by atoms with E-state index in [1.165, 1.54) is 42.7 Å². The van der Waals surface area contributed by atoms with Crippen LogP contribution in [-0.2, 0) is 19.6 Å². The minimum Gasteiger partial charge on any atom is -0.366 e. The highest BCUT2D eigenvalue weighted by molar-refractivity contribution is 7.89. The lowest BCUT2D eigenvalue weighted by Gasteiger charge is -2.20. The van der Waals surface area contributed by atoms with Crippen molar-refractivity contribution in [3.8, 4) is 12.3 Å². The number of anilines is 1. The fourth-order valence-electron chi connectivity index (χ4n) is 2.50. The number of para-hydroxylation sites is 1. The number of carbonyl (C=O) groups is 2. The van der Waals surface area contributed by atoms with Gasteiger partial charge in [-0.1, -0.05) is 22.5 Å². The second-order valence-electron chi connectivity index (χ2n) is 6.08. The van der Waals surface area contributed by atoms with Crippen molar-refractivity contribution >= 4 is 33.8 Å². The zero-order valence-corrected chi connectivity index (χ0v) is 16.4. The van der Waals surface area contributed by atoms with Crippen LogP contribution in [-0.4, -0.2) is 42.2 Å². The normalized spacial score (nSPS) is 12.0. The van der Waals surface area contributed by atoms with Crippen LogP contribution in [0.1, 0.15) is 28.8 Å². The van der Waals surface area contributed by atoms with Crippen molar-refractivity contribution in [1.29, 1.82) is 0 Å². The standard InChI is InChI=1S/C20H18N3O6S/c1-2-14-7-10-16(11-8-14)30(28,29)23(27)15(13-24)9-12-19(25)22-18-6-4-3-5-17(18)20(21)26/h1,3-8,10-11,15,27H,9,12H2,(H2,21,26)(H,22,25)/t15-/m1/s1. The van der Waals surface area contributed by atoms with Crippen molar-refractivity contribution < 1.29 is 28.0 Å². The van der Waals surface area contributed by atoms with Gasteiger partial charge in [0.15, 0.2) is 0 Å². The average Bonchev–Trinajstić information content (AvgIpc) is 2.74. The number of benzene rings is 2. The van der Waals surface area contributed by atoms with Crippen molar-refractivity contribution in [2.24, 2.45) is 5.73 Å². The smallest absolute Gasteiger partial charge is 0.265 e. The van der Waals surface area contributed by atoms with E-state index in [-0.39, 0.29) is 33.5 Å². The van der Waals surface area contributed by atoms with Crippen molar-refractivity contribution in [1.82, 2.24) is 4.47 Å². The number of hydrogen-bond donors (Lipinski definition) is 3. The van der Waals surface area contributed by atoms with Crippen LogP contribution in [0.25, 0.3) is 0 Å². The molecule has 0 aliphatic rings. The first-order valence-corrected chi connectivity index (χ1v) is 10.0. The molecule has 0 aromatic heterocycles. The molecule has 1 radical (unpaired) electrons. The molecule has 0 spiro atoms. The maximum atomic E-state index is 12.5. The van der Waals surface area contributed by atoms with Gasteiger partial charge in [0.25, 0.3) is 15.9 Å². The van der Waals surface area contributed by atoms with Crippen LogP contribution in [0.4, 0.5) is 5.69 Å². The summed E-state index contributed by atoms with van der Waals surface area (Å²) in [4.78, 5) is 34.5. The van der Waals surface area contributed by atoms with Gasteiger partial charge in [0.1, 0.15) is 6.04 Å². The highest BCUT2D eigenvalue weighted by atomic mass is 32.2. The molecular formula is C20H18N3O6S. The third-order valence-electron chi connectivity index (χ3n) is 4.08. The van der Waals surface area contributed by atoms with E-state index in [2.05, 4.69) is 11.2 Å². The Bertz CT molecular complexity index is 1090. The fourth-order valence-corrected chi connectivity index (χ4v) is 3.68. The molecule has 1 atom stereocenters. The molecule has 10 heteroatoms. The molecule has 2 aromatic rings. The number of nitrogens with one attached hydrogen (secondary N) is 1.